The Labute approximate surface area is 117 Å². The number of anilines is 1. The normalized spacial score (nSPS) is 17.0. The summed E-state index contributed by atoms with van der Waals surface area (Å²) in [6, 6.07) is 0.195. The van der Waals surface area contributed by atoms with Crippen LogP contribution in [0.15, 0.2) is 16.2 Å². The van der Waals surface area contributed by atoms with Gasteiger partial charge in [0.1, 0.15) is 16.7 Å². The van der Waals surface area contributed by atoms with E-state index in [9.17, 15) is 4.91 Å². The summed E-state index contributed by atoms with van der Waals surface area (Å²) in [6.07, 6.45) is 3.04. The zero-order valence-electron chi connectivity index (χ0n) is 10.0. The van der Waals surface area contributed by atoms with E-state index in [0.29, 0.717) is 23.5 Å². The highest BCUT2D eigenvalue weighted by Crippen LogP contribution is 2.31. The van der Waals surface area contributed by atoms with E-state index < -0.39 is 0 Å². The van der Waals surface area contributed by atoms with Gasteiger partial charge in [-0.3, -0.25) is 5.01 Å². The van der Waals surface area contributed by atoms with Crippen LogP contribution in [0, 0.1) is 4.91 Å². The van der Waals surface area contributed by atoms with E-state index in [0.717, 1.165) is 23.9 Å². The molecule has 3 rings (SSSR count). The molecule has 1 aliphatic heterocycles. The zero-order chi connectivity index (χ0) is 13.4. The number of aromatic nitrogens is 4. The van der Waals surface area contributed by atoms with Crippen molar-refractivity contribution in [2.45, 2.75) is 18.9 Å². The number of rotatable bonds is 2. The molecule has 0 radical (unpaired) electrons. The quantitative estimate of drug-likeness (QED) is 0.839. The van der Waals surface area contributed by atoms with Crippen LogP contribution in [-0.2, 0) is 0 Å². The van der Waals surface area contributed by atoms with Gasteiger partial charge in [0.05, 0.1) is 16.7 Å². The fraction of sp³-hybridized carbons (Fsp3) is 0.500. The highest BCUT2D eigenvalue weighted by atomic mass is 79.9. The van der Waals surface area contributed by atoms with Crippen LogP contribution in [0.4, 0.5) is 5.82 Å². The zero-order valence-corrected chi connectivity index (χ0v) is 11.6. The van der Waals surface area contributed by atoms with Crippen LogP contribution in [-0.4, -0.2) is 37.8 Å². The number of nitrogens with zero attached hydrogens (tertiary/aromatic N) is 6. The molecule has 100 valence electrons. The van der Waals surface area contributed by atoms with Crippen molar-refractivity contribution in [2.24, 2.45) is 5.29 Å². The van der Waals surface area contributed by atoms with Crippen molar-refractivity contribution in [1.29, 1.82) is 0 Å². The van der Waals surface area contributed by atoms with E-state index in [1.165, 1.54) is 11.3 Å². The van der Waals surface area contributed by atoms with Gasteiger partial charge in [0.25, 0.3) is 0 Å². The summed E-state index contributed by atoms with van der Waals surface area (Å²) in [6.45, 7) is 1.27. The van der Waals surface area contributed by atoms with Crippen molar-refractivity contribution in [3.63, 3.8) is 0 Å². The van der Waals surface area contributed by atoms with Gasteiger partial charge in [-0.15, -0.1) is 4.91 Å². The molecule has 2 aromatic rings. The number of nitrogen functional groups attached to an aromatic ring is 1. The average molecular weight is 326 g/mol. The lowest BCUT2D eigenvalue weighted by Crippen LogP contribution is -2.31. The van der Waals surface area contributed by atoms with E-state index >= 15 is 0 Å². The van der Waals surface area contributed by atoms with Crippen molar-refractivity contribution in [1.82, 2.24) is 24.8 Å². The number of halogens is 1. The first-order valence-corrected chi connectivity index (χ1v) is 6.72. The van der Waals surface area contributed by atoms with Crippen molar-refractivity contribution < 1.29 is 0 Å². The van der Waals surface area contributed by atoms with Gasteiger partial charge >= 0.3 is 0 Å². The van der Waals surface area contributed by atoms with E-state index in [1.807, 2.05) is 4.68 Å². The summed E-state index contributed by atoms with van der Waals surface area (Å²) in [7, 11) is 0. The van der Waals surface area contributed by atoms with Gasteiger partial charge in [-0.1, -0.05) is 0 Å². The minimum atomic E-state index is 0.195. The molecule has 1 fully saturated rings. The summed E-state index contributed by atoms with van der Waals surface area (Å²) < 4.78 is 2.51. The van der Waals surface area contributed by atoms with Crippen LogP contribution in [0.3, 0.4) is 0 Å². The molecule has 0 aromatic carbocycles. The summed E-state index contributed by atoms with van der Waals surface area (Å²) in [5.74, 6) is 0.412. The lowest BCUT2D eigenvalue weighted by molar-refractivity contribution is 0.185. The maximum absolute atomic E-state index is 10.5. The smallest absolute Gasteiger partial charge is 0.164 e. The fourth-order valence-electron chi connectivity index (χ4n) is 2.39. The van der Waals surface area contributed by atoms with Crippen molar-refractivity contribution in [3.05, 3.63) is 15.8 Å². The Balaban J connectivity index is 1.98. The van der Waals surface area contributed by atoms with Crippen LogP contribution in [0.5, 0.6) is 0 Å². The van der Waals surface area contributed by atoms with E-state index in [4.69, 9.17) is 5.73 Å². The number of fused-ring (bicyclic) bond motifs is 1. The Morgan fingerprint density at radius 1 is 1.37 bits per heavy atom. The molecule has 3 heterocycles. The molecule has 0 bridgehead atoms. The Hall–Kier alpha value is -1.77. The molecule has 0 amide bonds. The lowest BCUT2D eigenvalue weighted by atomic mass is 10.1. The number of piperidine rings is 1. The monoisotopic (exact) mass is 325 g/mol. The molecular weight excluding hydrogens is 314 g/mol. The standard InChI is InChI=1S/C10H12BrN7O/c11-8-7-9(12)13-5-14-10(7)18(15-8)6-1-3-17(16-19)4-2-6/h5-6H,1-4H2,(H2,12,13,14). The minimum Gasteiger partial charge on any atom is -0.383 e. The van der Waals surface area contributed by atoms with Gasteiger partial charge in [0.2, 0.25) is 0 Å². The summed E-state index contributed by atoms with van der Waals surface area (Å²) >= 11 is 3.39. The Morgan fingerprint density at radius 2 is 2.11 bits per heavy atom. The molecule has 0 aliphatic carbocycles. The Bertz CT molecular complexity index is 620. The highest BCUT2D eigenvalue weighted by molar-refractivity contribution is 9.10. The van der Waals surface area contributed by atoms with Gasteiger partial charge < -0.3 is 5.73 Å². The molecule has 1 saturated heterocycles. The van der Waals surface area contributed by atoms with Crippen molar-refractivity contribution >= 4 is 32.8 Å². The summed E-state index contributed by atoms with van der Waals surface area (Å²) in [5.41, 5.74) is 6.56. The van der Waals surface area contributed by atoms with Gasteiger partial charge in [-0.05, 0) is 28.8 Å². The number of hydrogen-bond acceptors (Lipinski definition) is 6. The van der Waals surface area contributed by atoms with Gasteiger partial charge in [0.15, 0.2) is 5.65 Å². The second kappa shape index (κ2) is 4.72. The Kier molecular flexibility index (Phi) is 3.05. The first-order valence-electron chi connectivity index (χ1n) is 5.93. The topological polar surface area (TPSA) is 102 Å². The molecule has 9 heteroatoms. The van der Waals surface area contributed by atoms with Crippen LogP contribution in [0.2, 0.25) is 0 Å². The van der Waals surface area contributed by atoms with Gasteiger partial charge in [-0.2, -0.15) is 5.10 Å². The molecule has 2 N–H and O–H groups in total. The minimum absolute atomic E-state index is 0.195. The van der Waals surface area contributed by atoms with E-state index in [2.05, 4.69) is 36.3 Å². The first kappa shape index (κ1) is 12.3. The van der Waals surface area contributed by atoms with Crippen LogP contribution >= 0.6 is 15.9 Å². The van der Waals surface area contributed by atoms with E-state index in [1.54, 1.807) is 0 Å². The third-order valence-corrected chi connectivity index (χ3v) is 3.93. The van der Waals surface area contributed by atoms with Crippen LogP contribution < -0.4 is 5.73 Å². The largest absolute Gasteiger partial charge is 0.383 e. The van der Waals surface area contributed by atoms with Crippen molar-refractivity contribution in [2.75, 3.05) is 18.8 Å². The molecule has 0 unspecified atom stereocenters. The summed E-state index contributed by atoms with van der Waals surface area (Å²) in [5, 5.41) is 9.67. The predicted octanol–water partition coefficient (Wildman–Crippen LogP) is 1.49. The molecule has 19 heavy (non-hydrogen) atoms. The third kappa shape index (κ3) is 2.03. The van der Waals surface area contributed by atoms with Gasteiger partial charge in [-0.25, -0.2) is 14.6 Å². The molecule has 2 aromatic heterocycles. The van der Waals surface area contributed by atoms with Crippen LogP contribution in [0.25, 0.3) is 11.0 Å². The van der Waals surface area contributed by atoms with Gasteiger partial charge in [0, 0.05) is 13.1 Å². The second-order valence-corrected chi connectivity index (χ2v) is 5.21. The lowest BCUT2D eigenvalue weighted by Gasteiger charge is -2.27. The highest BCUT2D eigenvalue weighted by Gasteiger charge is 2.24. The molecule has 0 spiro atoms. The predicted molar refractivity (Wildman–Crippen MR) is 73.1 cm³/mol. The second-order valence-electron chi connectivity index (χ2n) is 4.46. The average Bonchev–Trinajstić information content (AvgIpc) is 2.78. The number of nitrogens with two attached hydrogens (primary N) is 1. The Morgan fingerprint density at radius 3 is 2.79 bits per heavy atom. The molecule has 8 nitrogen and oxygen atoms in total. The maximum atomic E-state index is 10.5. The van der Waals surface area contributed by atoms with Crippen LogP contribution in [0.1, 0.15) is 18.9 Å². The maximum Gasteiger partial charge on any atom is 0.164 e. The number of nitroso groups, excluding NO2 is 1. The fourth-order valence-corrected chi connectivity index (χ4v) is 2.94. The molecular formula is C10H12BrN7O. The molecule has 0 atom stereocenters. The third-order valence-electron chi connectivity index (χ3n) is 3.38. The molecule has 1 aliphatic rings. The van der Waals surface area contributed by atoms with E-state index in [-0.39, 0.29) is 6.04 Å². The number of hydrogen-bond donors (Lipinski definition) is 1. The molecule has 0 saturated carbocycles. The first-order chi connectivity index (χ1) is 9.20. The summed E-state index contributed by atoms with van der Waals surface area (Å²) in [4.78, 5) is 18.7. The van der Waals surface area contributed by atoms with Crippen molar-refractivity contribution in [3.8, 4) is 0 Å². The SMILES string of the molecule is Nc1ncnc2c1c(Br)nn2C1CCN(N=O)CC1.